The van der Waals surface area contributed by atoms with Gasteiger partial charge in [0.1, 0.15) is 10.6 Å². The maximum absolute atomic E-state index is 13.0. The molecule has 1 aliphatic rings. The topological polar surface area (TPSA) is 86.9 Å². The monoisotopic (exact) mass is 447 g/mol. The van der Waals surface area contributed by atoms with E-state index in [1.807, 2.05) is 4.90 Å². The summed E-state index contributed by atoms with van der Waals surface area (Å²) < 4.78 is 71.0. The zero-order chi connectivity index (χ0) is 22.3. The number of halogens is 3. The smallest absolute Gasteiger partial charge is 0.384 e. The molecule has 0 saturated carbocycles. The van der Waals surface area contributed by atoms with E-state index < -0.39 is 27.4 Å². The summed E-state index contributed by atoms with van der Waals surface area (Å²) in [6.07, 6.45) is -4.50. The Labute approximate surface area is 173 Å². The van der Waals surface area contributed by atoms with Crippen LogP contribution in [0.4, 0.5) is 13.2 Å². The van der Waals surface area contributed by atoms with Crippen molar-refractivity contribution in [3.05, 3.63) is 46.8 Å². The predicted molar refractivity (Wildman–Crippen MR) is 102 cm³/mol. The van der Waals surface area contributed by atoms with E-state index in [4.69, 9.17) is 4.52 Å². The van der Waals surface area contributed by atoms with Gasteiger partial charge in [-0.15, -0.1) is 0 Å². The van der Waals surface area contributed by atoms with Crippen LogP contribution in [-0.2, 0) is 21.8 Å². The Morgan fingerprint density at radius 2 is 1.73 bits per heavy atom. The number of benzene rings is 1. The van der Waals surface area contributed by atoms with E-state index in [-0.39, 0.29) is 35.9 Å². The number of hydrogen-bond donors (Lipinski definition) is 1. The first-order valence-electron chi connectivity index (χ1n) is 9.38. The van der Waals surface area contributed by atoms with Crippen molar-refractivity contribution < 1.29 is 31.2 Å². The molecule has 1 aromatic heterocycles. The molecule has 0 bridgehead atoms. The van der Waals surface area contributed by atoms with Crippen LogP contribution in [0.1, 0.15) is 29.5 Å². The molecule has 166 valence electrons. The van der Waals surface area contributed by atoms with E-state index in [1.165, 1.54) is 30.3 Å². The van der Waals surface area contributed by atoms with E-state index in [0.29, 0.717) is 18.8 Å². The molecule has 1 saturated heterocycles. The van der Waals surface area contributed by atoms with Gasteiger partial charge in [-0.2, -0.15) is 17.5 Å². The first kappa shape index (κ1) is 22.7. The first-order valence-corrected chi connectivity index (χ1v) is 10.8. The highest BCUT2D eigenvalue weighted by Crippen LogP contribution is 2.32. The van der Waals surface area contributed by atoms with Crippen LogP contribution in [-0.4, -0.2) is 60.6 Å². The maximum Gasteiger partial charge on any atom is 0.416 e. The SMILES string of the molecule is Cc1noc(C)c1S(=O)(=O)N1CCN(C[C@](C)(O)c2cccc(C(F)(F)F)c2)CC1. The molecule has 7 nitrogen and oxygen atoms in total. The van der Waals surface area contributed by atoms with E-state index in [0.717, 1.165) is 12.1 Å². The lowest BCUT2D eigenvalue weighted by Gasteiger charge is -2.38. The van der Waals surface area contributed by atoms with Gasteiger partial charge in [0.15, 0.2) is 5.76 Å². The quantitative estimate of drug-likeness (QED) is 0.758. The van der Waals surface area contributed by atoms with E-state index in [9.17, 15) is 26.7 Å². The van der Waals surface area contributed by atoms with Crippen molar-refractivity contribution in [2.75, 3.05) is 32.7 Å². The van der Waals surface area contributed by atoms with Gasteiger partial charge in [0.25, 0.3) is 0 Å². The number of sulfonamides is 1. The Bertz CT molecular complexity index is 991. The molecule has 30 heavy (non-hydrogen) atoms. The van der Waals surface area contributed by atoms with E-state index in [1.54, 1.807) is 6.92 Å². The molecular formula is C19H24F3N3O4S. The van der Waals surface area contributed by atoms with Crippen LogP contribution in [0, 0.1) is 13.8 Å². The lowest BCUT2D eigenvalue weighted by Crippen LogP contribution is -2.51. The second-order valence-corrected chi connectivity index (χ2v) is 9.56. The molecule has 1 aliphatic heterocycles. The van der Waals surface area contributed by atoms with Crippen molar-refractivity contribution in [2.24, 2.45) is 0 Å². The highest BCUT2D eigenvalue weighted by Gasteiger charge is 2.36. The van der Waals surface area contributed by atoms with Crippen LogP contribution < -0.4 is 0 Å². The first-order chi connectivity index (χ1) is 13.8. The Hall–Kier alpha value is -1.95. The van der Waals surface area contributed by atoms with E-state index in [2.05, 4.69) is 5.16 Å². The van der Waals surface area contributed by atoms with Gasteiger partial charge in [-0.3, -0.25) is 4.90 Å². The summed E-state index contributed by atoms with van der Waals surface area (Å²) in [5, 5.41) is 14.5. The van der Waals surface area contributed by atoms with Gasteiger partial charge in [-0.05, 0) is 38.5 Å². The van der Waals surface area contributed by atoms with Crippen molar-refractivity contribution in [3.8, 4) is 0 Å². The summed E-state index contributed by atoms with van der Waals surface area (Å²) in [6, 6.07) is 4.62. The molecule has 1 N–H and O–H groups in total. The van der Waals surface area contributed by atoms with Crippen molar-refractivity contribution in [2.45, 2.75) is 37.4 Å². The van der Waals surface area contributed by atoms with Crippen LogP contribution in [0.2, 0.25) is 0 Å². The Balaban J connectivity index is 1.68. The summed E-state index contributed by atoms with van der Waals surface area (Å²) in [7, 11) is -3.76. The van der Waals surface area contributed by atoms with Gasteiger partial charge < -0.3 is 9.63 Å². The standard InChI is InChI=1S/C19H24F3N3O4S/c1-13-17(14(2)29-23-13)30(27,28)25-9-7-24(8-10-25)12-18(3,26)15-5-4-6-16(11-15)19(20,21)22/h4-6,11,26H,7-10,12H2,1-3H3/t18-/m0/s1. The van der Waals surface area contributed by atoms with Gasteiger partial charge in [0.05, 0.1) is 11.2 Å². The minimum absolute atomic E-state index is 0.0620. The molecule has 1 aromatic carbocycles. The second kappa shape index (κ2) is 7.95. The molecule has 1 atom stereocenters. The molecule has 0 amide bonds. The van der Waals surface area contributed by atoms with Crippen LogP contribution in [0.25, 0.3) is 0 Å². The minimum Gasteiger partial charge on any atom is -0.384 e. The van der Waals surface area contributed by atoms with Crippen LogP contribution >= 0.6 is 0 Å². The number of nitrogens with zero attached hydrogens (tertiary/aromatic N) is 3. The van der Waals surface area contributed by atoms with Gasteiger partial charge in [-0.1, -0.05) is 17.3 Å². The molecule has 0 unspecified atom stereocenters. The van der Waals surface area contributed by atoms with Crippen LogP contribution in [0.3, 0.4) is 0 Å². The van der Waals surface area contributed by atoms with Crippen LogP contribution in [0.15, 0.2) is 33.7 Å². The van der Waals surface area contributed by atoms with Crippen molar-refractivity contribution >= 4 is 10.0 Å². The van der Waals surface area contributed by atoms with Gasteiger partial charge in [-0.25, -0.2) is 8.42 Å². The molecule has 2 aromatic rings. The zero-order valence-corrected chi connectivity index (χ0v) is 17.7. The molecule has 1 fully saturated rings. The molecule has 2 heterocycles. The van der Waals surface area contributed by atoms with Gasteiger partial charge in [0.2, 0.25) is 10.0 Å². The molecule has 0 aliphatic carbocycles. The largest absolute Gasteiger partial charge is 0.416 e. The highest BCUT2D eigenvalue weighted by molar-refractivity contribution is 7.89. The number of aliphatic hydroxyl groups is 1. The normalized spacial score (nSPS) is 19.0. The average Bonchev–Trinajstić information content (AvgIpc) is 3.00. The third kappa shape index (κ3) is 4.53. The Morgan fingerprint density at radius 3 is 2.27 bits per heavy atom. The second-order valence-electron chi connectivity index (χ2n) is 7.69. The summed E-state index contributed by atoms with van der Waals surface area (Å²) in [5.41, 5.74) is -1.90. The van der Waals surface area contributed by atoms with E-state index >= 15 is 0 Å². The van der Waals surface area contributed by atoms with Crippen molar-refractivity contribution in [3.63, 3.8) is 0 Å². The summed E-state index contributed by atoms with van der Waals surface area (Å²) in [6.45, 7) is 5.66. The number of piperazine rings is 1. The number of hydrogen-bond acceptors (Lipinski definition) is 6. The van der Waals surface area contributed by atoms with Gasteiger partial charge >= 0.3 is 6.18 Å². The number of alkyl halides is 3. The van der Waals surface area contributed by atoms with Crippen LogP contribution in [0.5, 0.6) is 0 Å². The van der Waals surface area contributed by atoms with Crippen molar-refractivity contribution in [1.29, 1.82) is 0 Å². The third-order valence-corrected chi connectivity index (χ3v) is 7.38. The Morgan fingerprint density at radius 1 is 1.13 bits per heavy atom. The fourth-order valence-electron chi connectivity index (χ4n) is 3.66. The summed E-state index contributed by atoms with van der Waals surface area (Å²) in [5.74, 6) is 0.224. The summed E-state index contributed by atoms with van der Waals surface area (Å²) in [4.78, 5) is 1.89. The Kier molecular flexibility index (Phi) is 6.02. The predicted octanol–water partition coefficient (Wildman–Crippen LogP) is 2.52. The summed E-state index contributed by atoms with van der Waals surface area (Å²) >= 11 is 0. The molecule has 11 heteroatoms. The number of aromatic nitrogens is 1. The lowest BCUT2D eigenvalue weighted by molar-refractivity contribution is -0.137. The fraction of sp³-hybridized carbons (Fsp3) is 0.526. The van der Waals surface area contributed by atoms with Gasteiger partial charge in [0, 0.05) is 32.7 Å². The third-order valence-electron chi connectivity index (χ3n) is 5.24. The highest BCUT2D eigenvalue weighted by atomic mass is 32.2. The average molecular weight is 447 g/mol. The minimum atomic E-state index is -4.50. The fourth-order valence-corrected chi connectivity index (χ4v) is 5.37. The lowest BCUT2D eigenvalue weighted by atomic mass is 9.93. The number of β-amino-alcohol motifs (C(OH)–C–C–N with tert-alkyl or cyclic N) is 1. The molecule has 0 spiro atoms. The molecule has 0 radical (unpaired) electrons. The molecule has 3 rings (SSSR count). The number of aryl methyl sites for hydroxylation is 2. The number of rotatable bonds is 5. The maximum atomic E-state index is 13.0. The van der Waals surface area contributed by atoms with Crippen molar-refractivity contribution in [1.82, 2.24) is 14.4 Å². The zero-order valence-electron chi connectivity index (χ0n) is 16.9. The molecular weight excluding hydrogens is 423 g/mol.